The number of rotatable bonds is 12. The number of methoxy groups -OCH3 is 4. The van der Waals surface area contributed by atoms with Gasteiger partial charge in [-0.3, -0.25) is 0 Å². The molecule has 4 unspecified atom stereocenters. The second-order valence-electron chi connectivity index (χ2n) is 26.2. The van der Waals surface area contributed by atoms with Gasteiger partial charge >= 0.3 is 37.9 Å². The van der Waals surface area contributed by atoms with E-state index in [0.717, 1.165) is 23.0 Å². The van der Waals surface area contributed by atoms with Crippen molar-refractivity contribution in [2.24, 2.45) is 0 Å². The molecule has 0 spiro atoms. The van der Waals surface area contributed by atoms with E-state index in [-0.39, 0.29) is 23.7 Å². The summed E-state index contributed by atoms with van der Waals surface area (Å²) < 4.78 is 22.2. The second-order valence-corrected chi connectivity index (χ2v) is 34.5. The van der Waals surface area contributed by atoms with E-state index < -0.39 is 38.4 Å². The molecule has 4 atom stereocenters. The molecule has 0 amide bonds. The third kappa shape index (κ3) is 12.7. The molecule has 4 aliphatic rings. The van der Waals surface area contributed by atoms with Crippen molar-refractivity contribution in [1.82, 2.24) is 0 Å². The van der Waals surface area contributed by atoms with E-state index in [4.69, 9.17) is 36.0 Å². The second kappa shape index (κ2) is 29.2. The van der Waals surface area contributed by atoms with Crippen molar-refractivity contribution < 1.29 is 39.8 Å². The molecule has 12 aromatic carbocycles. The van der Waals surface area contributed by atoms with E-state index in [1.807, 2.05) is 0 Å². The van der Waals surface area contributed by atoms with E-state index >= 15 is 0 Å². The Morgan fingerprint density at radius 1 is 0.303 bits per heavy atom. The molecule has 4 aliphatic carbocycles. The fourth-order valence-corrected chi connectivity index (χ4v) is 22.2. The normalized spacial score (nSPS) is 16.3. The van der Waals surface area contributed by atoms with E-state index in [1.54, 1.807) is 28.4 Å². The molecule has 0 bridgehead atoms. The zero-order valence-electron chi connectivity index (χ0n) is 57.6. The van der Waals surface area contributed by atoms with Crippen LogP contribution in [0.1, 0.15) is 113 Å². The van der Waals surface area contributed by atoms with Crippen molar-refractivity contribution >= 4 is 123 Å². The number of halogens is 2. The zero-order valence-corrected chi connectivity index (χ0v) is 63.6. The summed E-state index contributed by atoms with van der Waals surface area (Å²) in [4.78, 5) is 0. The van der Waals surface area contributed by atoms with Crippen LogP contribution in [0.25, 0.3) is 67.4 Å². The van der Waals surface area contributed by atoms with Gasteiger partial charge in [-0.2, -0.15) is 68.8 Å². The average Bonchev–Trinajstić information content (AvgIpc) is 1.61. The van der Waals surface area contributed by atoms with Crippen LogP contribution in [0, 0.1) is 27.7 Å². The third-order valence-corrected chi connectivity index (χ3v) is 26.4. The number of benzene rings is 8. The molecule has 0 N–H and O–H groups in total. The molecule has 12 aromatic rings. The number of ether oxygens (including phenoxy) is 4. The van der Waals surface area contributed by atoms with Crippen LogP contribution in [0.3, 0.4) is 0 Å². The standard InChI is InChI=1S/2C45H39O2Si.2ClH.Zr/c2*1-28-24-42-38(36-18-10-12-30-26-32(46-3)20-22-34(30)36)14-6-8-16-40(42)44(28)48(5)45-29(2)25-43-39(15-7-9-17-41(43)45)37-19-11-13-31-27-33(47-4)21-23-35(31)37;;;/h2*6-27,38-39H,1-5H3;2*1H;/q2*-2;;;+2/p-2. The Bertz CT molecular complexity index is 4690. The molecule has 2 radical (unpaired) electrons. The summed E-state index contributed by atoms with van der Waals surface area (Å²) in [7, 11) is 14.5. The summed E-state index contributed by atoms with van der Waals surface area (Å²) in [6.45, 7) is 14.3. The fraction of sp³-hybridized carbons (Fsp3) is 0.156. The monoisotopic (exact) mass is 1440 g/mol. The van der Waals surface area contributed by atoms with Crippen LogP contribution in [0.5, 0.6) is 23.0 Å². The summed E-state index contributed by atoms with van der Waals surface area (Å²) >= 11 is -0.826. The van der Waals surface area contributed by atoms with Gasteiger partial charge in [-0.25, -0.2) is 0 Å². The molecule has 4 nitrogen and oxygen atoms in total. The van der Waals surface area contributed by atoms with Gasteiger partial charge in [0.25, 0.3) is 0 Å². The minimum atomic E-state index is -1.13. The number of hydrogen-bond acceptors (Lipinski definition) is 4. The number of fused-ring (bicyclic) bond motifs is 8. The van der Waals surface area contributed by atoms with Crippen LogP contribution >= 0.6 is 17.0 Å². The van der Waals surface area contributed by atoms with Crippen molar-refractivity contribution in [1.29, 1.82) is 0 Å². The van der Waals surface area contributed by atoms with Gasteiger partial charge < -0.3 is 18.9 Å². The van der Waals surface area contributed by atoms with Crippen LogP contribution in [-0.4, -0.2) is 46.0 Å². The third-order valence-electron chi connectivity index (χ3n) is 20.8. The molecule has 0 saturated heterocycles. The average molecular weight is 1440 g/mol. The Labute approximate surface area is 605 Å². The molecule has 9 heteroatoms. The number of aryl methyl sites for hydroxylation is 4. The topological polar surface area (TPSA) is 36.9 Å². The molecular formula is C90H78Cl2O4Si2Zr-4. The Morgan fingerprint density at radius 3 is 0.737 bits per heavy atom. The predicted molar refractivity (Wildman–Crippen MR) is 423 cm³/mol. The van der Waals surface area contributed by atoms with Crippen molar-refractivity contribution in [2.45, 2.75) is 64.5 Å². The van der Waals surface area contributed by atoms with Gasteiger partial charge in [-0.15, -0.1) is 91.6 Å². The van der Waals surface area contributed by atoms with Crippen LogP contribution in [0.2, 0.25) is 13.1 Å². The van der Waals surface area contributed by atoms with Crippen LogP contribution in [0.15, 0.2) is 243 Å². The first kappa shape index (κ1) is 67.4. The summed E-state index contributed by atoms with van der Waals surface area (Å²) in [6.07, 6.45) is 36.8. The van der Waals surface area contributed by atoms with Crippen molar-refractivity contribution in [3.63, 3.8) is 0 Å². The Morgan fingerprint density at radius 2 is 0.525 bits per heavy atom. The molecule has 492 valence electrons. The Hall–Kier alpha value is -8.78. The van der Waals surface area contributed by atoms with Crippen molar-refractivity contribution in [2.75, 3.05) is 28.4 Å². The molecule has 0 saturated carbocycles. The van der Waals surface area contributed by atoms with Gasteiger partial charge in [0.1, 0.15) is 23.0 Å². The maximum atomic E-state index is 5.55. The molecule has 0 fully saturated rings. The summed E-state index contributed by atoms with van der Waals surface area (Å²) in [5, 5.41) is 16.0. The molecular weight excluding hydrogens is 1360 g/mol. The first-order valence-corrected chi connectivity index (χ1v) is 44.2. The molecule has 0 aliphatic heterocycles. The van der Waals surface area contributed by atoms with Gasteiger partial charge in [0, 0.05) is 17.6 Å². The van der Waals surface area contributed by atoms with Gasteiger partial charge in [0.15, 0.2) is 0 Å². The Kier molecular flexibility index (Phi) is 19.9. The summed E-state index contributed by atoms with van der Waals surface area (Å²) in [5.41, 5.74) is 22.1. The van der Waals surface area contributed by atoms with Crippen LogP contribution < -0.4 is 39.7 Å². The maximum absolute atomic E-state index is 5.55. The first-order chi connectivity index (χ1) is 48.3. The van der Waals surface area contributed by atoms with E-state index in [1.165, 1.54) is 153 Å². The molecule has 16 rings (SSSR count). The van der Waals surface area contributed by atoms with Crippen LogP contribution in [0.4, 0.5) is 0 Å². The molecule has 99 heavy (non-hydrogen) atoms. The summed E-state index contributed by atoms with van der Waals surface area (Å²) in [5.74, 6) is 4.24. The van der Waals surface area contributed by atoms with Crippen molar-refractivity contribution in [3.05, 3.63) is 332 Å². The fourth-order valence-electron chi connectivity index (χ4n) is 16.5. The van der Waals surface area contributed by atoms with E-state index in [2.05, 4.69) is 308 Å². The van der Waals surface area contributed by atoms with Gasteiger partial charge in [0.05, 0.1) is 28.4 Å². The minimum absolute atomic E-state index is 0.172. The van der Waals surface area contributed by atoms with Gasteiger partial charge in [-0.05, 0) is 138 Å². The number of allylic oxidation sites excluding steroid dienone is 12. The SMILES string of the molecule is COc1ccc2c(C3C=CC=Cc4c3cc(C)[c-]4[Si](C)[c-]3c(C)cc4c3C=CC=CC4c3cccc4cc(OC)ccc34)cccc2c1.COc1ccc2c(C3C=CC=Cc4c3cc(C)[c-]4[Si](C)[c-]3c(C)cc4c3C=CC=CC4c3cccc4cc(OC)ccc34)cccc2c1.[Cl][Zr][Cl]. The van der Waals surface area contributed by atoms with Crippen molar-refractivity contribution in [3.8, 4) is 23.0 Å². The summed E-state index contributed by atoms with van der Waals surface area (Å²) in [6, 6.07) is 62.2. The van der Waals surface area contributed by atoms with E-state index in [9.17, 15) is 0 Å². The zero-order chi connectivity index (χ0) is 68.6. The molecule has 0 heterocycles. The van der Waals surface area contributed by atoms with E-state index in [0.29, 0.717) is 0 Å². The first-order valence-electron chi connectivity index (χ1n) is 33.9. The Balaban J connectivity index is 0.000000163. The van der Waals surface area contributed by atoms with Crippen LogP contribution in [-0.2, 0) is 20.8 Å². The molecule has 0 aromatic heterocycles. The van der Waals surface area contributed by atoms with Gasteiger partial charge in [-0.1, -0.05) is 186 Å². The number of hydrogen-bond donors (Lipinski definition) is 0. The quantitative estimate of drug-likeness (QED) is 0.0902. The predicted octanol–water partition coefficient (Wildman–Crippen LogP) is 20.8. The van der Waals surface area contributed by atoms with Gasteiger partial charge in [0.2, 0.25) is 0 Å².